The summed E-state index contributed by atoms with van der Waals surface area (Å²) in [7, 11) is 0. The highest BCUT2D eigenvalue weighted by Crippen LogP contribution is 2.45. The number of carbonyl (C=O) groups is 1. The molecule has 0 heterocycles. The Kier molecular flexibility index (Phi) is 5.02. The van der Waals surface area contributed by atoms with Crippen LogP contribution in [0.4, 0.5) is 0 Å². The summed E-state index contributed by atoms with van der Waals surface area (Å²) < 4.78 is 0. The van der Waals surface area contributed by atoms with Crippen LogP contribution in [0.1, 0.15) is 24.8 Å². The molecule has 1 fully saturated rings. The Morgan fingerprint density at radius 3 is 2.35 bits per heavy atom. The van der Waals surface area contributed by atoms with Crippen LogP contribution < -0.4 is 0 Å². The molecule has 1 aliphatic carbocycles. The number of benzene rings is 1. The highest BCUT2D eigenvalue weighted by atomic mass is 35.5. The van der Waals surface area contributed by atoms with Crippen LogP contribution in [0, 0.1) is 0 Å². The van der Waals surface area contributed by atoms with E-state index in [-0.39, 0.29) is 32.2 Å². The molecule has 1 amide bonds. The van der Waals surface area contributed by atoms with Gasteiger partial charge in [-0.3, -0.25) is 4.79 Å². The molecule has 0 aromatic heterocycles. The van der Waals surface area contributed by atoms with E-state index >= 15 is 0 Å². The molecule has 1 aromatic rings. The van der Waals surface area contributed by atoms with Crippen molar-refractivity contribution < 1.29 is 15.0 Å². The lowest BCUT2D eigenvalue weighted by molar-refractivity contribution is -0.142. The van der Waals surface area contributed by atoms with Crippen molar-refractivity contribution in [2.45, 2.75) is 24.7 Å². The quantitative estimate of drug-likeness (QED) is 0.838. The zero-order valence-electron chi connectivity index (χ0n) is 11.4. The van der Waals surface area contributed by atoms with E-state index in [1.54, 1.807) is 11.0 Å². The van der Waals surface area contributed by atoms with Gasteiger partial charge in [0, 0.05) is 18.1 Å². The topological polar surface area (TPSA) is 60.8 Å². The van der Waals surface area contributed by atoms with Gasteiger partial charge in [0.2, 0.25) is 5.91 Å². The van der Waals surface area contributed by atoms with Crippen molar-refractivity contribution in [3.05, 3.63) is 34.9 Å². The maximum absolute atomic E-state index is 12.8. The highest BCUT2D eigenvalue weighted by Gasteiger charge is 2.47. The van der Waals surface area contributed by atoms with Crippen molar-refractivity contribution in [3.63, 3.8) is 0 Å². The molecule has 1 aromatic carbocycles. The minimum atomic E-state index is -0.532. The van der Waals surface area contributed by atoms with Crippen molar-refractivity contribution >= 4 is 17.5 Å². The molecule has 1 aliphatic rings. The molecule has 110 valence electrons. The first kappa shape index (κ1) is 15.3. The Morgan fingerprint density at radius 2 is 1.90 bits per heavy atom. The first-order chi connectivity index (χ1) is 9.64. The van der Waals surface area contributed by atoms with Crippen molar-refractivity contribution in [1.29, 1.82) is 0 Å². The van der Waals surface area contributed by atoms with Gasteiger partial charge in [0.15, 0.2) is 0 Å². The third-order valence-corrected chi connectivity index (χ3v) is 4.26. The fourth-order valence-electron chi connectivity index (χ4n) is 2.80. The van der Waals surface area contributed by atoms with Gasteiger partial charge in [-0.05, 0) is 30.5 Å². The lowest BCUT2D eigenvalue weighted by Gasteiger charge is -2.44. The molecule has 0 saturated heterocycles. The maximum Gasteiger partial charge on any atom is 0.233 e. The first-order valence-electron chi connectivity index (χ1n) is 6.91. The Morgan fingerprint density at radius 1 is 1.25 bits per heavy atom. The van der Waals surface area contributed by atoms with Gasteiger partial charge in [0.1, 0.15) is 0 Å². The van der Waals surface area contributed by atoms with Gasteiger partial charge >= 0.3 is 0 Å². The summed E-state index contributed by atoms with van der Waals surface area (Å²) in [6, 6.07) is 7.42. The Balaban J connectivity index is 2.28. The molecule has 4 nitrogen and oxygen atoms in total. The summed E-state index contributed by atoms with van der Waals surface area (Å²) >= 11 is 6.03. The van der Waals surface area contributed by atoms with Gasteiger partial charge in [-0.25, -0.2) is 0 Å². The summed E-state index contributed by atoms with van der Waals surface area (Å²) in [4.78, 5) is 14.3. The van der Waals surface area contributed by atoms with Crippen molar-refractivity contribution in [2.75, 3.05) is 26.3 Å². The SMILES string of the molecule is O=C(N(CCO)CCO)C1(c2cccc(Cl)c2)CCC1. The zero-order chi connectivity index (χ0) is 14.6. The van der Waals surface area contributed by atoms with Crippen LogP contribution in [0.5, 0.6) is 0 Å². The third kappa shape index (κ3) is 2.82. The van der Waals surface area contributed by atoms with E-state index < -0.39 is 5.41 Å². The molecule has 2 N–H and O–H groups in total. The highest BCUT2D eigenvalue weighted by molar-refractivity contribution is 6.30. The van der Waals surface area contributed by atoms with Crippen LogP contribution >= 0.6 is 11.6 Å². The second-order valence-electron chi connectivity index (χ2n) is 5.19. The molecular formula is C15H20ClNO3. The van der Waals surface area contributed by atoms with E-state index in [9.17, 15) is 4.79 Å². The van der Waals surface area contributed by atoms with Gasteiger partial charge in [-0.2, -0.15) is 0 Å². The molecule has 2 rings (SSSR count). The van der Waals surface area contributed by atoms with E-state index in [0.29, 0.717) is 5.02 Å². The van der Waals surface area contributed by atoms with Gasteiger partial charge in [-0.1, -0.05) is 30.2 Å². The van der Waals surface area contributed by atoms with Gasteiger partial charge in [0.05, 0.1) is 18.6 Å². The maximum atomic E-state index is 12.8. The number of nitrogens with zero attached hydrogens (tertiary/aromatic N) is 1. The fraction of sp³-hybridized carbons (Fsp3) is 0.533. The summed E-state index contributed by atoms with van der Waals surface area (Å²) in [5.74, 6) is -0.0193. The Labute approximate surface area is 124 Å². The van der Waals surface area contributed by atoms with E-state index in [2.05, 4.69) is 0 Å². The number of hydrogen-bond acceptors (Lipinski definition) is 3. The van der Waals surface area contributed by atoms with Crippen LogP contribution in [0.15, 0.2) is 24.3 Å². The predicted octanol–water partition coefficient (Wildman–Crippen LogP) is 1.57. The standard InChI is InChI=1S/C15H20ClNO3/c16-13-4-1-3-12(11-13)15(5-2-6-15)14(20)17(7-9-18)8-10-19/h1,3-4,11,18-19H,2,5-10H2. The van der Waals surface area contributed by atoms with Gasteiger partial charge in [-0.15, -0.1) is 0 Å². The minimum Gasteiger partial charge on any atom is -0.395 e. The lowest BCUT2D eigenvalue weighted by Crippen LogP contribution is -2.52. The number of aliphatic hydroxyl groups excluding tert-OH is 2. The summed E-state index contributed by atoms with van der Waals surface area (Å²) in [6.07, 6.45) is 2.59. The molecule has 1 saturated carbocycles. The normalized spacial score (nSPS) is 16.6. The zero-order valence-corrected chi connectivity index (χ0v) is 12.1. The molecule has 0 spiro atoms. The first-order valence-corrected chi connectivity index (χ1v) is 7.29. The molecule has 0 radical (unpaired) electrons. The number of rotatable bonds is 6. The van der Waals surface area contributed by atoms with Crippen LogP contribution in [0.3, 0.4) is 0 Å². The van der Waals surface area contributed by atoms with E-state index in [0.717, 1.165) is 24.8 Å². The van der Waals surface area contributed by atoms with Crippen LogP contribution in [-0.2, 0) is 10.2 Å². The minimum absolute atomic E-state index is 0.0193. The second kappa shape index (κ2) is 6.57. The molecule has 0 atom stereocenters. The van der Waals surface area contributed by atoms with E-state index in [1.165, 1.54) is 0 Å². The number of aliphatic hydroxyl groups is 2. The molecule has 0 aliphatic heterocycles. The Hall–Kier alpha value is -1.10. The molecule has 0 bridgehead atoms. The summed E-state index contributed by atoms with van der Waals surface area (Å²) in [5.41, 5.74) is 0.400. The largest absolute Gasteiger partial charge is 0.395 e. The number of hydrogen-bond donors (Lipinski definition) is 2. The lowest BCUT2D eigenvalue weighted by atomic mass is 9.63. The van der Waals surface area contributed by atoms with Crippen LogP contribution in [0.25, 0.3) is 0 Å². The van der Waals surface area contributed by atoms with Crippen LogP contribution in [-0.4, -0.2) is 47.3 Å². The smallest absolute Gasteiger partial charge is 0.233 e. The molecular weight excluding hydrogens is 278 g/mol. The fourth-order valence-corrected chi connectivity index (χ4v) is 2.99. The molecule has 5 heteroatoms. The van der Waals surface area contributed by atoms with E-state index in [4.69, 9.17) is 21.8 Å². The summed E-state index contributed by atoms with van der Waals surface area (Å²) in [6.45, 7) is 0.304. The van der Waals surface area contributed by atoms with Crippen LogP contribution in [0.2, 0.25) is 5.02 Å². The summed E-state index contributed by atoms with van der Waals surface area (Å²) in [5, 5.41) is 18.8. The Bertz CT molecular complexity index is 468. The van der Waals surface area contributed by atoms with E-state index in [1.807, 2.05) is 18.2 Å². The van der Waals surface area contributed by atoms with Crippen molar-refractivity contribution in [2.24, 2.45) is 0 Å². The average molecular weight is 298 g/mol. The van der Waals surface area contributed by atoms with Crippen molar-refractivity contribution in [1.82, 2.24) is 4.90 Å². The van der Waals surface area contributed by atoms with Gasteiger partial charge < -0.3 is 15.1 Å². The second-order valence-corrected chi connectivity index (χ2v) is 5.62. The average Bonchev–Trinajstić information content (AvgIpc) is 2.37. The van der Waals surface area contributed by atoms with Gasteiger partial charge in [0.25, 0.3) is 0 Å². The number of amides is 1. The predicted molar refractivity (Wildman–Crippen MR) is 77.7 cm³/mol. The third-order valence-electron chi connectivity index (χ3n) is 4.02. The number of carbonyl (C=O) groups excluding carboxylic acids is 1. The molecule has 0 unspecified atom stereocenters. The molecule has 20 heavy (non-hydrogen) atoms. The number of halogens is 1. The monoisotopic (exact) mass is 297 g/mol. The van der Waals surface area contributed by atoms with Crippen molar-refractivity contribution in [3.8, 4) is 0 Å².